The predicted molar refractivity (Wildman–Crippen MR) is 195 cm³/mol. The Hall–Kier alpha value is -4.03. The summed E-state index contributed by atoms with van der Waals surface area (Å²) in [7, 11) is 0.894. The highest BCUT2D eigenvalue weighted by atomic mass is 79.9. The summed E-state index contributed by atoms with van der Waals surface area (Å²) in [6.45, 7) is 10.2. The van der Waals surface area contributed by atoms with Crippen molar-refractivity contribution >= 4 is 68.1 Å². The zero-order valence-electron chi connectivity index (χ0n) is 27.5. The Balaban J connectivity index is 1.20. The normalized spacial score (nSPS) is 15.8. The first-order valence-electron chi connectivity index (χ1n) is 15.9. The molecule has 3 aromatic heterocycles. The van der Waals surface area contributed by atoms with Crippen molar-refractivity contribution in [2.24, 2.45) is 13.0 Å². The highest BCUT2D eigenvalue weighted by Gasteiger charge is 2.27. The second-order valence-corrected chi connectivity index (χ2v) is 16.7. The summed E-state index contributed by atoms with van der Waals surface area (Å²) >= 11 is 3.60. The van der Waals surface area contributed by atoms with Gasteiger partial charge in [0.05, 0.1) is 47.9 Å². The molecule has 7 rings (SSSR count). The second-order valence-electron chi connectivity index (χ2n) is 12.7. The molecule has 0 spiro atoms. The molecule has 0 amide bonds. The maximum Gasteiger partial charge on any atom is 0.229 e. The SMILES string of the molecule is COc1cc(N2CCN(CC3COC3)CC2)c(-c2cnn(C)c2)cc1Nc1ncc(Br)c(Nc2ccc3ncccc3c2P(C)(C)=O)n1. The number of piperazine rings is 1. The lowest BCUT2D eigenvalue weighted by atomic mass is 10.0. The van der Waals surface area contributed by atoms with Gasteiger partial charge in [0.15, 0.2) is 0 Å². The average Bonchev–Trinajstić information content (AvgIpc) is 3.49. The van der Waals surface area contributed by atoms with Gasteiger partial charge in [0.1, 0.15) is 18.7 Å². The molecular formula is C34H39BrN9O3P. The van der Waals surface area contributed by atoms with Crippen molar-refractivity contribution in [3.05, 3.63) is 65.7 Å². The van der Waals surface area contributed by atoms with Crippen molar-refractivity contribution in [3.63, 3.8) is 0 Å². The van der Waals surface area contributed by atoms with Gasteiger partial charge in [-0.3, -0.25) is 14.6 Å². The standard InChI is InChI=1S/C34H39BrN9O3P/c1-42-19-23(16-38-42)25-14-29(31(46-2)15-30(25)44-12-10-43(11-13-44)18-22-20-47-21-22)40-34-37-17-26(35)33(41-34)39-28-8-7-27-24(6-5-9-36-27)32(28)48(3,4)45/h5-9,14-17,19,22H,10-13,18,20-21H2,1-4H3,(H2,37,39,40,41). The summed E-state index contributed by atoms with van der Waals surface area (Å²) in [6.07, 6.45) is 7.34. The van der Waals surface area contributed by atoms with E-state index in [1.165, 1.54) is 0 Å². The fourth-order valence-electron chi connectivity index (χ4n) is 6.40. The molecule has 14 heteroatoms. The van der Waals surface area contributed by atoms with Crippen LogP contribution in [0.1, 0.15) is 0 Å². The number of pyridine rings is 1. The molecule has 2 saturated heterocycles. The third-order valence-corrected chi connectivity index (χ3v) is 10.9. The number of anilines is 5. The summed E-state index contributed by atoms with van der Waals surface area (Å²) in [5.74, 6) is 2.23. The molecule has 2 N–H and O–H groups in total. The van der Waals surface area contributed by atoms with Crippen LogP contribution < -0.4 is 25.6 Å². The Kier molecular flexibility index (Phi) is 9.12. The molecule has 2 fully saturated rings. The first kappa shape index (κ1) is 32.5. The number of hydrogen-bond acceptors (Lipinski definition) is 11. The van der Waals surface area contributed by atoms with E-state index in [-0.39, 0.29) is 0 Å². The van der Waals surface area contributed by atoms with Gasteiger partial charge in [-0.15, -0.1) is 0 Å². The summed E-state index contributed by atoms with van der Waals surface area (Å²) < 4.78 is 27.3. The number of fused-ring (bicyclic) bond motifs is 1. The van der Waals surface area contributed by atoms with Crippen LogP contribution >= 0.6 is 23.1 Å². The number of methoxy groups -OCH3 is 1. The summed E-state index contributed by atoms with van der Waals surface area (Å²) in [4.78, 5) is 18.8. The zero-order chi connectivity index (χ0) is 33.4. The minimum atomic E-state index is -2.70. The van der Waals surface area contributed by atoms with Crippen molar-refractivity contribution in [2.45, 2.75) is 0 Å². The third-order valence-electron chi connectivity index (χ3n) is 8.81. The van der Waals surface area contributed by atoms with E-state index in [2.05, 4.69) is 63.6 Å². The van der Waals surface area contributed by atoms with Crippen molar-refractivity contribution in [3.8, 4) is 16.9 Å². The predicted octanol–water partition coefficient (Wildman–Crippen LogP) is 5.70. The molecule has 0 unspecified atom stereocenters. The van der Waals surface area contributed by atoms with Gasteiger partial charge < -0.3 is 29.6 Å². The number of hydrogen-bond donors (Lipinski definition) is 2. The van der Waals surface area contributed by atoms with Gasteiger partial charge in [-0.05, 0) is 53.5 Å². The molecule has 2 aliphatic rings. The van der Waals surface area contributed by atoms with Crippen molar-refractivity contribution < 1.29 is 14.0 Å². The van der Waals surface area contributed by atoms with Crippen molar-refractivity contribution in [1.29, 1.82) is 0 Å². The van der Waals surface area contributed by atoms with Gasteiger partial charge in [0, 0.05) is 97.9 Å². The lowest BCUT2D eigenvalue weighted by Crippen LogP contribution is -2.50. The first-order chi connectivity index (χ1) is 23.2. The van der Waals surface area contributed by atoms with Crippen LogP contribution in [0.15, 0.2) is 65.7 Å². The lowest BCUT2D eigenvalue weighted by Gasteiger charge is -2.40. The second kappa shape index (κ2) is 13.5. The van der Waals surface area contributed by atoms with Crippen LogP contribution in [0.5, 0.6) is 5.75 Å². The number of aryl methyl sites for hydroxylation is 1. The minimum absolute atomic E-state index is 0.373. The number of halogens is 1. The molecule has 2 aromatic carbocycles. The van der Waals surface area contributed by atoms with Gasteiger partial charge in [0.2, 0.25) is 5.95 Å². The maximum absolute atomic E-state index is 13.5. The Morgan fingerprint density at radius 3 is 2.54 bits per heavy atom. The Morgan fingerprint density at radius 2 is 1.85 bits per heavy atom. The fourth-order valence-corrected chi connectivity index (χ4v) is 8.17. The van der Waals surface area contributed by atoms with Crippen LogP contribution in [0.3, 0.4) is 0 Å². The van der Waals surface area contributed by atoms with Crippen LogP contribution in [0, 0.1) is 5.92 Å². The molecule has 0 atom stereocenters. The molecule has 0 bridgehead atoms. The minimum Gasteiger partial charge on any atom is -0.494 e. The molecule has 2 aliphatic heterocycles. The molecule has 48 heavy (non-hydrogen) atoms. The zero-order valence-corrected chi connectivity index (χ0v) is 30.0. The van der Waals surface area contributed by atoms with Crippen LogP contribution in [-0.4, -0.2) is 96.0 Å². The topological polar surface area (TPSA) is 123 Å². The number of aromatic nitrogens is 5. The van der Waals surface area contributed by atoms with E-state index in [0.29, 0.717) is 33.6 Å². The van der Waals surface area contributed by atoms with E-state index in [9.17, 15) is 4.57 Å². The van der Waals surface area contributed by atoms with Gasteiger partial charge in [-0.1, -0.05) is 6.07 Å². The Labute approximate surface area is 288 Å². The number of rotatable bonds is 10. The van der Waals surface area contributed by atoms with Crippen LogP contribution in [0.2, 0.25) is 0 Å². The average molecular weight is 733 g/mol. The van der Waals surface area contributed by atoms with Gasteiger partial charge in [-0.25, -0.2) is 4.98 Å². The Morgan fingerprint density at radius 1 is 1.04 bits per heavy atom. The van der Waals surface area contributed by atoms with E-state index < -0.39 is 7.14 Å². The summed E-state index contributed by atoms with van der Waals surface area (Å²) in [6, 6.07) is 11.8. The monoisotopic (exact) mass is 731 g/mol. The number of ether oxygens (including phenoxy) is 2. The Bertz CT molecular complexity index is 2000. The summed E-state index contributed by atoms with van der Waals surface area (Å²) in [5.41, 5.74) is 5.36. The molecule has 5 heterocycles. The first-order valence-corrected chi connectivity index (χ1v) is 19.3. The van der Waals surface area contributed by atoms with E-state index in [4.69, 9.17) is 14.5 Å². The van der Waals surface area contributed by atoms with Crippen molar-refractivity contribution in [1.82, 2.24) is 29.6 Å². The van der Waals surface area contributed by atoms with Crippen LogP contribution in [0.25, 0.3) is 22.0 Å². The van der Waals surface area contributed by atoms with Gasteiger partial charge in [0.25, 0.3) is 0 Å². The van der Waals surface area contributed by atoms with E-state index in [0.717, 1.165) is 84.6 Å². The highest BCUT2D eigenvalue weighted by molar-refractivity contribution is 9.10. The largest absolute Gasteiger partial charge is 0.494 e. The van der Waals surface area contributed by atoms with Gasteiger partial charge >= 0.3 is 0 Å². The molecular weight excluding hydrogens is 693 g/mol. The van der Waals surface area contributed by atoms with Crippen molar-refractivity contribution in [2.75, 3.05) is 81.9 Å². The maximum atomic E-state index is 13.5. The van der Waals surface area contributed by atoms with Gasteiger partial charge in [-0.2, -0.15) is 10.1 Å². The van der Waals surface area contributed by atoms with E-state index >= 15 is 0 Å². The smallest absolute Gasteiger partial charge is 0.229 e. The van der Waals surface area contributed by atoms with E-state index in [1.54, 1.807) is 32.8 Å². The highest BCUT2D eigenvalue weighted by Crippen LogP contribution is 2.43. The van der Waals surface area contributed by atoms with E-state index in [1.807, 2.05) is 48.4 Å². The molecule has 5 aromatic rings. The fraction of sp³-hybridized carbons (Fsp3) is 0.353. The number of nitrogens with one attached hydrogen (secondary N) is 2. The molecule has 250 valence electrons. The molecule has 0 aliphatic carbocycles. The molecule has 0 radical (unpaired) electrons. The number of nitrogens with zero attached hydrogens (tertiary/aromatic N) is 7. The lowest BCUT2D eigenvalue weighted by molar-refractivity contribution is -0.0468. The quantitative estimate of drug-likeness (QED) is 0.172. The van der Waals surface area contributed by atoms with Crippen LogP contribution in [0.4, 0.5) is 28.8 Å². The molecule has 0 saturated carbocycles. The van der Waals surface area contributed by atoms with Crippen LogP contribution in [-0.2, 0) is 16.3 Å². The molecule has 12 nitrogen and oxygen atoms in total. The summed E-state index contributed by atoms with van der Waals surface area (Å²) in [5, 5.41) is 12.9. The third kappa shape index (κ3) is 6.78. The number of benzene rings is 2.